The molecule has 1 N–H and O–H groups in total. The molecule has 1 aromatic carbocycles. The average Bonchev–Trinajstić information content (AvgIpc) is 2.81. The first kappa shape index (κ1) is 16.1. The van der Waals surface area contributed by atoms with Crippen LogP contribution in [0, 0.1) is 0 Å². The van der Waals surface area contributed by atoms with Gasteiger partial charge >= 0.3 is 6.36 Å². The summed E-state index contributed by atoms with van der Waals surface area (Å²) < 4.78 is 40.2. The summed E-state index contributed by atoms with van der Waals surface area (Å²) >= 11 is 0. The summed E-state index contributed by atoms with van der Waals surface area (Å²) in [5.74, 6) is -0.672. The van der Waals surface area contributed by atoms with Crippen molar-refractivity contribution in [3.8, 4) is 5.75 Å². The molecule has 0 aromatic heterocycles. The number of hydrogen-bond acceptors (Lipinski definition) is 3. The number of amides is 1. The Hall–Kier alpha value is -2.31. The molecule has 0 radical (unpaired) electrons. The number of alkyl halides is 3. The zero-order valence-corrected chi connectivity index (χ0v) is 11.5. The highest BCUT2D eigenvalue weighted by molar-refractivity contribution is 5.91. The van der Waals surface area contributed by atoms with Crippen LogP contribution in [0.15, 0.2) is 36.4 Å². The molecular weight excluding hydrogens is 299 g/mol. The minimum absolute atomic E-state index is 0.0355. The summed E-state index contributed by atoms with van der Waals surface area (Å²) in [5, 5.41) is 2.68. The van der Waals surface area contributed by atoms with Crippen LogP contribution in [0.4, 0.5) is 13.2 Å². The molecule has 0 aliphatic carbocycles. The van der Waals surface area contributed by atoms with Gasteiger partial charge in [0.25, 0.3) is 0 Å². The summed E-state index contributed by atoms with van der Waals surface area (Å²) in [6, 6.07) is 5.13. The van der Waals surface area contributed by atoms with Crippen LogP contribution < -0.4 is 10.1 Å². The highest BCUT2D eigenvalue weighted by Gasteiger charge is 2.31. The van der Waals surface area contributed by atoms with Crippen molar-refractivity contribution in [3.63, 3.8) is 0 Å². The van der Waals surface area contributed by atoms with E-state index in [0.717, 1.165) is 0 Å². The Morgan fingerprint density at radius 1 is 1.41 bits per heavy atom. The van der Waals surface area contributed by atoms with Gasteiger partial charge in [0.1, 0.15) is 5.75 Å². The van der Waals surface area contributed by atoms with E-state index < -0.39 is 6.36 Å². The van der Waals surface area contributed by atoms with Gasteiger partial charge < -0.3 is 10.1 Å². The van der Waals surface area contributed by atoms with E-state index in [2.05, 4.69) is 10.1 Å². The van der Waals surface area contributed by atoms with E-state index >= 15 is 0 Å². The molecule has 4 nitrogen and oxygen atoms in total. The molecule has 1 fully saturated rings. The number of allylic oxidation sites excluding steroid dienone is 1. The molecule has 0 bridgehead atoms. The smallest absolute Gasteiger partial charge is 0.406 e. The Balaban J connectivity index is 1.92. The van der Waals surface area contributed by atoms with Gasteiger partial charge in [-0.25, -0.2) is 0 Å². The summed E-state index contributed by atoms with van der Waals surface area (Å²) in [7, 11) is 0. The van der Waals surface area contributed by atoms with Crippen molar-refractivity contribution in [2.45, 2.75) is 31.7 Å². The third-order valence-corrected chi connectivity index (χ3v) is 3.05. The SMILES string of the molecule is O=C(C=C[C@H]1CCC(=O)N1)Cc1cccc(OC(F)(F)F)c1. The van der Waals surface area contributed by atoms with E-state index in [1.54, 1.807) is 12.1 Å². The fraction of sp³-hybridized carbons (Fsp3) is 0.333. The second kappa shape index (κ2) is 6.64. The van der Waals surface area contributed by atoms with Crippen molar-refractivity contribution in [1.29, 1.82) is 0 Å². The molecule has 118 valence electrons. The molecule has 1 aliphatic heterocycles. The Labute approximate surface area is 125 Å². The van der Waals surface area contributed by atoms with Crippen LogP contribution in [0.5, 0.6) is 5.75 Å². The standard InChI is InChI=1S/C15H14F3NO3/c16-15(17,18)22-13-3-1-2-10(9-13)8-12(20)6-4-11-5-7-14(21)19-11/h1-4,6,9,11H,5,7-8H2,(H,19,21)/t11-/m0/s1. The van der Waals surface area contributed by atoms with Gasteiger partial charge in [-0.1, -0.05) is 18.2 Å². The van der Waals surface area contributed by atoms with Crippen molar-refractivity contribution in [1.82, 2.24) is 5.32 Å². The Kier molecular flexibility index (Phi) is 4.85. The van der Waals surface area contributed by atoms with Gasteiger partial charge in [0.2, 0.25) is 5.91 Å². The van der Waals surface area contributed by atoms with Crippen molar-refractivity contribution in [2.75, 3.05) is 0 Å². The number of carbonyl (C=O) groups is 2. The van der Waals surface area contributed by atoms with Gasteiger partial charge in [-0.2, -0.15) is 0 Å². The lowest BCUT2D eigenvalue weighted by Crippen LogP contribution is -2.23. The lowest BCUT2D eigenvalue weighted by molar-refractivity contribution is -0.274. The van der Waals surface area contributed by atoms with Crippen LogP contribution in [-0.4, -0.2) is 24.1 Å². The minimum Gasteiger partial charge on any atom is -0.406 e. The fourth-order valence-corrected chi connectivity index (χ4v) is 2.12. The van der Waals surface area contributed by atoms with Crippen LogP contribution in [0.1, 0.15) is 18.4 Å². The molecular formula is C15H14F3NO3. The van der Waals surface area contributed by atoms with E-state index in [0.29, 0.717) is 18.4 Å². The van der Waals surface area contributed by atoms with Crippen LogP contribution >= 0.6 is 0 Å². The van der Waals surface area contributed by atoms with E-state index in [4.69, 9.17) is 0 Å². The second-order valence-electron chi connectivity index (χ2n) is 4.91. The number of halogens is 3. The molecule has 1 heterocycles. The fourth-order valence-electron chi connectivity index (χ4n) is 2.12. The lowest BCUT2D eigenvalue weighted by Gasteiger charge is -2.09. The maximum atomic E-state index is 12.1. The number of ether oxygens (including phenoxy) is 1. The van der Waals surface area contributed by atoms with Crippen LogP contribution in [0.3, 0.4) is 0 Å². The van der Waals surface area contributed by atoms with Gasteiger partial charge in [-0.3, -0.25) is 9.59 Å². The van der Waals surface area contributed by atoms with Gasteiger partial charge in [0, 0.05) is 18.9 Å². The van der Waals surface area contributed by atoms with Crippen molar-refractivity contribution in [2.24, 2.45) is 0 Å². The molecule has 22 heavy (non-hydrogen) atoms. The topological polar surface area (TPSA) is 55.4 Å². The zero-order valence-electron chi connectivity index (χ0n) is 11.5. The zero-order chi connectivity index (χ0) is 16.2. The first-order chi connectivity index (χ1) is 10.3. The normalized spacial score (nSPS) is 18.5. The first-order valence-electron chi connectivity index (χ1n) is 6.67. The third kappa shape index (κ3) is 5.23. The lowest BCUT2D eigenvalue weighted by atomic mass is 10.1. The molecule has 1 saturated heterocycles. The number of nitrogens with one attached hydrogen (secondary N) is 1. The second-order valence-corrected chi connectivity index (χ2v) is 4.91. The highest BCUT2D eigenvalue weighted by atomic mass is 19.4. The van der Waals surface area contributed by atoms with Crippen LogP contribution in [0.2, 0.25) is 0 Å². The number of rotatable bonds is 5. The maximum absolute atomic E-state index is 12.1. The van der Waals surface area contributed by atoms with E-state index in [1.807, 2.05) is 0 Å². The molecule has 0 saturated carbocycles. The van der Waals surface area contributed by atoms with Gasteiger partial charge in [0.05, 0.1) is 0 Å². The van der Waals surface area contributed by atoms with Crippen molar-refractivity contribution >= 4 is 11.7 Å². The molecule has 1 atom stereocenters. The number of carbonyl (C=O) groups excluding carboxylic acids is 2. The molecule has 2 rings (SSSR count). The number of ketones is 1. The third-order valence-electron chi connectivity index (χ3n) is 3.05. The quantitative estimate of drug-likeness (QED) is 0.850. The molecule has 0 unspecified atom stereocenters. The maximum Gasteiger partial charge on any atom is 0.573 e. The average molecular weight is 313 g/mol. The Morgan fingerprint density at radius 3 is 2.82 bits per heavy atom. The van der Waals surface area contributed by atoms with Crippen molar-refractivity contribution < 1.29 is 27.5 Å². The number of hydrogen-bond donors (Lipinski definition) is 1. The Bertz CT molecular complexity index is 596. The summed E-state index contributed by atoms with van der Waals surface area (Å²) in [5.41, 5.74) is 0.423. The molecule has 1 aliphatic rings. The molecule has 0 spiro atoms. The minimum atomic E-state index is -4.76. The Morgan fingerprint density at radius 2 is 2.18 bits per heavy atom. The predicted molar refractivity (Wildman–Crippen MR) is 72.1 cm³/mol. The van der Waals surface area contributed by atoms with Gasteiger partial charge in [-0.05, 0) is 30.2 Å². The largest absolute Gasteiger partial charge is 0.573 e. The predicted octanol–water partition coefficient (Wildman–Crippen LogP) is 2.53. The van der Waals surface area contributed by atoms with Crippen molar-refractivity contribution in [3.05, 3.63) is 42.0 Å². The van der Waals surface area contributed by atoms with Crippen LogP contribution in [-0.2, 0) is 16.0 Å². The molecule has 1 amide bonds. The summed E-state index contributed by atoms with van der Waals surface area (Å²) in [6.45, 7) is 0. The van der Waals surface area contributed by atoms with E-state index in [9.17, 15) is 22.8 Å². The summed E-state index contributed by atoms with van der Waals surface area (Å²) in [4.78, 5) is 22.8. The van der Waals surface area contributed by atoms with Gasteiger partial charge in [-0.15, -0.1) is 13.2 Å². The highest BCUT2D eigenvalue weighted by Crippen LogP contribution is 2.23. The van der Waals surface area contributed by atoms with E-state index in [-0.39, 0.29) is 29.9 Å². The van der Waals surface area contributed by atoms with E-state index in [1.165, 1.54) is 24.3 Å². The first-order valence-corrected chi connectivity index (χ1v) is 6.67. The summed E-state index contributed by atoms with van der Waals surface area (Å²) in [6.07, 6.45) is -0.788. The number of benzene rings is 1. The van der Waals surface area contributed by atoms with Gasteiger partial charge in [0.15, 0.2) is 5.78 Å². The monoisotopic (exact) mass is 313 g/mol. The molecule has 1 aromatic rings. The van der Waals surface area contributed by atoms with Crippen LogP contribution in [0.25, 0.3) is 0 Å². The molecule has 7 heteroatoms.